The summed E-state index contributed by atoms with van der Waals surface area (Å²) in [6.45, 7) is 5.23. The molecular weight excluding hydrogens is 585 g/mol. The largest absolute Gasteiger partial charge is 0.342 e. The standard InChI is InChI=1S/C27H28IN5O4/c1-17(2)23(32-15-20-6-3-4-7-21(20)25(32)34)27(36)31-13-5-8-22(31)26(35)33(28)14-18-9-11-19(12-10-18)24-29-16-37-30-24/h3-4,6-7,9-12,16-17,22-23H,5,8,13-15H2,1-2H3/t22-,23?/m0/s1. The van der Waals surface area contributed by atoms with E-state index in [2.05, 4.69) is 10.1 Å². The van der Waals surface area contributed by atoms with Crippen LogP contribution in [0.3, 0.4) is 0 Å². The highest BCUT2D eigenvalue weighted by Crippen LogP contribution is 2.31. The van der Waals surface area contributed by atoms with Crippen molar-refractivity contribution in [2.24, 2.45) is 5.92 Å². The third-order valence-electron chi connectivity index (χ3n) is 7.02. The van der Waals surface area contributed by atoms with E-state index in [1.807, 2.05) is 85.2 Å². The maximum Gasteiger partial charge on any atom is 0.255 e. The fourth-order valence-corrected chi connectivity index (χ4v) is 5.91. The Kier molecular flexibility index (Phi) is 7.27. The van der Waals surface area contributed by atoms with Gasteiger partial charge < -0.3 is 14.3 Å². The topological polar surface area (TPSA) is 99.8 Å². The van der Waals surface area contributed by atoms with Crippen LogP contribution < -0.4 is 0 Å². The second-order valence-electron chi connectivity index (χ2n) is 9.78. The summed E-state index contributed by atoms with van der Waals surface area (Å²) in [6, 6.07) is 14.0. The highest BCUT2D eigenvalue weighted by atomic mass is 127. The third-order valence-corrected chi connectivity index (χ3v) is 7.84. The van der Waals surface area contributed by atoms with E-state index in [1.54, 1.807) is 12.9 Å². The summed E-state index contributed by atoms with van der Waals surface area (Å²) in [5, 5.41) is 3.84. The monoisotopic (exact) mass is 613 g/mol. The molecule has 2 aromatic carbocycles. The quantitative estimate of drug-likeness (QED) is 0.294. The van der Waals surface area contributed by atoms with Crippen LogP contribution in [-0.4, -0.2) is 59.4 Å². The molecule has 2 atom stereocenters. The molecule has 37 heavy (non-hydrogen) atoms. The zero-order chi connectivity index (χ0) is 26.1. The maximum absolute atomic E-state index is 13.9. The van der Waals surface area contributed by atoms with E-state index in [0.717, 1.165) is 23.1 Å². The fourth-order valence-electron chi connectivity index (χ4n) is 5.19. The molecule has 0 aliphatic carbocycles. The Bertz CT molecular complexity index is 1290. The van der Waals surface area contributed by atoms with Crippen molar-refractivity contribution in [1.82, 2.24) is 23.1 Å². The SMILES string of the molecule is CC(C)C(C(=O)N1CCC[C@H]1C(=O)N(I)Cc1ccc(-c2ncon2)cc1)N1Cc2ccccc2C1=O. The van der Waals surface area contributed by atoms with Crippen molar-refractivity contribution in [3.8, 4) is 11.4 Å². The molecule has 3 amide bonds. The van der Waals surface area contributed by atoms with Gasteiger partial charge in [-0.1, -0.05) is 61.5 Å². The lowest BCUT2D eigenvalue weighted by Crippen LogP contribution is -2.55. The Balaban J connectivity index is 1.28. The van der Waals surface area contributed by atoms with Crippen LogP contribution in [0.15, 0.2) is 59.4 Å². The van der Waals surface area contributed by atoms with Gasteiger partial charge in [0.1, 0.15) is 12.1 Å². The normalized spacial score (nSPS) is 17.8. The summed E-state index contributed by atoms with van der Waals surface area (Å²) in [4.78, 5) is 47.9. The van der Waals surface area contributed by atoms with Gasteiger partial charge in [-0.3, -0.25) is 17.5 Å². The number of hydrogen-bond acceptors (Lipinski definition) is 6. The number of hydrogen-bond donors (Lipinski definition) is 0. The first-order valence-electron chi connectivity index (χ1n) is 12.4. The highest BCUT2D eigenvalue weighted by Gasteiger charge is 2.44. The molecular formula is C27H28IN5O4. The Morgan fingerprint density at radius 1 is 1.16 bits per heavy atom. The van der Waals surface area contributed by atoms with Gasteiger partial charge >= 0.3 is 0 Å². The van der Waals surface area contributed by atoms with Gasteiger partial charge in [-0.25, -0.2) is 0 Å². The van der Waals surface area contributed by atoms with Crippen LogP contribution in [0.4, 0.5) is 0 Å². The first-order valence-corrected chi connectivity index (χ1v) is 13.3. The molecule has 10 heteroatoms. The van der Waals surface area contributed by atoms with E-state index >= 15 is 0 Å². The number of rotatable bonds is 7. The van der Waals surface area contributed by atoms with Crippen LogP contribution in [0, 0.1) is 5.92 Å². The number of benzene rings is 2. The molecule has 3 aromatic rings. The van der Waals surface area contributed by atoms with E-state index in [-0.39, 0.29) is 23.6 Å². The molecule has 3 heterocycles. The summed E-state index contributed by atoms with van der Waals surface area (Å²) in [5.41, 5.74) is 3.36. The van der Waals surface area contributed by atoms with Crippen molar-refractivity contribution in [2.45, 2.75) is 51.9 Å². The van der Waals surface area contributed by atoms with Gasteiger partial charge in [0.25, 0.3) is 11.8 Å². The van der Waals surface area contributed by atoms with Gasteiger partial charge in [0, 0.05) is 24.2 Å². The van der Waals surface area contributed by atoms with Crippen LogP contribution in [0.5, 0.6) is 0 Å². The van der Waals surface area contributed by atoms with Crippen LogP contribution >= 0.6 is 22.9 Å². The lowest BCUT2D eigenvalue weighted by Gasteiger charge is -2.35. The van der Waals surface area contributed by atoms with Crippen molar-refractivity contribution in [2.75, 3.05) is 6.54 Å². The zero-order valence-electron chi connectivity index (χ0n) is 20.7. The van der Waals surface area contributed by atoms with E-state index in [9.17, 15) is 14.4 Å². The van der Waals surface area contributed by atoms with Gasteiger partial charge in [-0.15, -0.1) is 0 Å². The van der Waals surface area contributed by atoms with E-state index < -0.39 is 12.1 Å². The minimum atomic E-state index is -0.617. The van der Waals surface area contributed by atoms with Gasteiger partial charge in [0.05, 0.1) is 29.4 Å². The number of carbonyl (C=O) groups excluding carboxylic acids is 3. The molecule has 0 bridgehead atoms. The Morgan fingerprint density at radius 3 is 2.59 bits per heavy atom. The highest BCUT2D eigenvalue weighted by molar-refractivity contribution is 14.1. The number of fused-ring (bicyclic) bond motifs is 1. The van der Waals surface area contributed by atoms with Gasteiger partial charge in [-0.2, -0.15) is 4.98 Å². The minimum absolute atomic E-state index is 0.0875. The Hall–Kier alpha value is -3.28. The summed E-state index contributed by atoms with van der Waals surface area (Å²) >= 11 is 2.03. The summed E-state index contributed by atoms with van der Waals surface area (Å²) in [6.07, 6.45) is 2.65. The van der Waals surface area contributed by atoms with Crippen LogP contribution in [-0.2, 0) is 22.7 Å². The number of nitrogens with zero attached hydrogens (tertiary/aromatic N) is 5. The van der Waals surface area contributed by atoms with Crippen molar-refractivity contribution in [3.05, 3.63) is 71.6 Å². The van der Waals surface area contributed by atoms with Gasteiger partial charge in [-0.05, 0) is 36.0 Å². The van der Waals surface area contributed by atoms with Gasteiger partial charge in [0.2, 0.25) is 18.1 Å². The van der Waals surface area contributed by atoms with Crippen molar-refractivity contribution >= 4 is 40.6 Å². The van der Waals surface area contributed by atoms with Gasteiger partial charge in [0.15, 0.2) is 0 Å². The maximum atomic E-state index is 13.9. The molecule has 1 unspecified atom stereocenters. The number of aromatic nitrogens is 2. The average molecular weight is 613 g/mol. The molecule has 2 aliphatic rings. The predicted molar refractivity (Wildman–Crippen MR) is 144 cm³/mol. The zero-order valence-corrected chi connectivity index (χ0v) is 22.9. The molecule has 1 fully saturated rings. The molecule has 1 aromatic heterocycles. The molecule has 0 radical (unpaired) electrons. The molecule has 5 rings (SSSR count). The molecule has 0 N–H and O–H groups in total. The smallest absolute Gasteiger partial charge is 0.255 e. The lowest BCUT2D eigenvalue weighted by atomic mass is 10.0. The Labute approximate surface area is 229 Å². The second-order valence-corrected chi connectivity index (χ2v) is 10.9. The lowest BCUT2D eigenvalue weighted by molar-refractivity contribution is -0.144. The predicted octanol–water partition coefficient (Wildman–Crippen LogP) is 4.09. The molecule has 192 valence electrons. The van der Waals surface area contributed by atoms with Crippen molar-refractivity contribution < 1.29 is 18.9 Å². The van der Waals surface area contributed by atoms with E-state index in [4.69, 9.17) is 4.52 Å². The average Bonchev–Trinajstić information content (AvgIpc) is 3.65. The summed E-state index contributed by atoms with van der Waals surface area (Å²) in [7, 11) is 0. The molecule has 0 saturated carbocycles. The third kappa shape index (κ3) is 4.98. The number of amides is 3. The second kappa shape index (κ2) is 10.6. The Morgan fingerprint density at radius 2 is 1.92 bits per heavy atom. The minimum Gasteiger partial charge on any atom is -0.342 e. The first-order chi connectivity index (χ1) is 17.8. The number of carbonyl (C=O) groups is 3. The molecule has 2 aliphatic heterocycles. The first kappa shape index (κ1) is 25.4. The fraction of sp³-hybridized carbons (Fsp3) is 0.370. The van der Waals surface area contributed by atoms with Crippen LogP contribution in [0.1, 0.15) is 48.2 Å². The van der Waals surface area contributed by atoms with E-state index in [1.165, 1.54) is 6.39 Å². The van der Waals surface area contributed by atoms with Crippen LogP contribution in [0.25, 0.3) is 11.4 Å². The molecule has 9 nitrogen and oxygen atoms in total. The summed E-state index contributed by atoms with van der Waals surface area (Å²) in [5.74, 6) is 0.0434. The molecule has 1 saturated heterocycles. The molecule has 0 spiro atoms. The number of halogens is 1. The number of likely N-dealkylation sites (tertiary alicyclic amines) is 1. The van der Waals surface area contributed by atoms with E-state index in [0.29, 0.717) is 37.4 Å². The van der Waals surface area contributed by atoms with Crippen molar-refractivity contribution in [3.63, 3.8) is 0 Å². The van der Waals surface area contributed by atoms with Crippen molar-refractivity contribution in [1.29, 1.82) is 0 Å². The van der Waals surface area contributed by atoms with Crippen LogP contribution in [0.2, 0.25) is 0 Å². The summed E-state index contributed by atoms with van der Waals surface area (Å²) < 4.78 is 6.44.